The molecule has 3 aromatic rings. The van der Waals surface area contributed by atoms with Gasteiger partial charge in [-0.3, -0.25) is 0 Å². The second-order valence-electron chi connectivity index (χ2n) is 6.45. The van der Waals surface area contributed by atoms with Crippen LogP contribution in [0.25, 0.3) is 0 Å². The van der Waals surface area contributed by atoms with Crippen molar-refractivity contribution in [2.45, 2.75) is 11.6 Å². The molecule has 0 heterocycles. The van der Waals surface area contributed by atoms with E-state index in [1.54, 1.807) is 7.11 Å². The highest BCUT2D eigenvalue weighted by Crippen LogP contribution is 2.37. The summed E-state index contributed by atoms with van der Waals surface area (Å²) in [7, 11) is 2.96. The molecule has 0 spiro atoms. The number of hydrogen-bond acceptors (Lipinski definition) is 5. The first-order chi connectivity index (χ1) is 13.6. The van der Waals surface area contributed by atoms with Crippen molar-refractivity contribution in [2.24, 2.45) is 5.73 Å². The molecule has 5 heteroatoms. The molecule has 0 saturated carbocycles. The number of rotatable bonds is 7. The van der Waals surface area contributed by atoms with Crippen LogP contribution in [0.5, 0.6) is 5.75 Å². The van der Waals surface area contributed by atoms with E-state index in [2.05, 4.69) is 5.32 Å². The molecule has 5 nitrogen and oxygen atoms in total. The van der Waals surface area contributed by atoms with Crippen molar-refractivity contribution < 1.29 is 14.3 Å². The highest BCUT2D eigenvalue weighted by molar-refractivity contribution is 5.84. The van der Waals surface area contributed by atoms with Crippen LogP contribution in [-0.2, 0) is 15.1 Å². The normalized spacial score (nSPS) is 13.8. The van der Waals surface area contributed by atoms with E-state index < -0.39 is 17.6 Å². The Balaban J connectivity index is 2.14. The Bertz CT molecular complexity index is 915. The molecule has 0 aliphatic rings. The first-order valence-electron chi connectivity index (χ1n) is 8.98. The highest BCUT2D eigenvalue weighted by Gasteiger charge is 2.46. The van der Waals surface area contributed by atoms with Crippen LogP contribution >= 0.6 is 0 Å². The lowest BCUT2D eigenvalue weighted by Crippen LogP contribution is -2.53. The fourth-order valence-electron chi connectivity index (χ4n) is 3.27. The zero-order valence-electron chi connectivity index (χ0n) is 16.0. The van der Waals surface area contributed by atoms with Crippen LogP contribution in [-0.4, -0.2) is 20.2 Å². The van der Waals surface area contributed by atoms with Crippen LogP contribution in [0.2, 0.25) is 0 Å². The third kappa shape index (κ3) is 3.85. The van der Waals surface area contributed by atoms with Crippen LogP contribution in [0, 0.1) is 0 Å². The summed E-state index contributed by atoms with van der Waals surface area (Å²) >= 11 is 0. The Labute approximate surface area is 165 Å². The lowest BCUT2D eigenvalue weighted by Gasteiger charge is -2.36. The topological polar surface area (TPSA) is 73.6 Å². The van der Waals surface area contributed by atoms with E-state index in [-0.39, 0.29) is 0 Å². The van der Waals surface area contributed by atoms with E-state index >= 15 is 0 Å². The minimum Gasteiger partial charge on any atom is -0.497 e. The maximum absolute atomic E-state index is 13.0. The number of carbonyl (C=O) groups excluding carboxylic acids is 1. The van der Waals surface area contributed by atoms with Crippen molar-refractivity contribution in [3.63, 3.8) is 0 Å². The number of benzene rings is 3. The van der Waals surface area contributed by atoms with Gasteiger partial charge in [0, 0.05) is 11.8 Å². The van der Waals surface area contributed by atoms with Crippen molar-refractivity contribution in [3.8, 4) is 5.75 Å². The summed E-state index contributed by atoms with van der Waals surface area (Å²) in [6, 6.07) is 25.8. The first kappa shape index (κ1) is 19.5. The molecule has 3 rings (SSSR count). The summed E-state index contributed by atoms with van der Waals surface area (Å²) in [5.41, 5.74) is 7.66. The molecular weight excluding hydrogens is 352 g/mol. The summed E-state index contributed by atoms with van der Waals surface area (Å²) in [5, 5.41) is 3.42. The van der Waals surface area contributed by atoms with Gasteiger partial charge in [-0.2, -0.15) is 0 Å². The average Bonchev–Trinajstić information content (AvgIpc) is 2.77. The predicted molar refractivity (Wildman–Crippen MR) is 110 cm³/mol. The molecule has 0 amide bonds. The molecule has 0 bridgehead atoms. The molecule has 0 saturated heterocycles. The number of methoxy groups -OCH3 is 2. The van der Waals surface area contributed by atoms with Gasteiger partial charge in [0.1, 0.15) is 5.75 Å². The van der Waals surface area contributed by atoms with Gasteiger partial charge in [0.05, 0.1) is 20.3 Å². The van der Waals surface area contributed by atoms with Crippen LogP contribution in [0.15, 0.2) is 84.9 Å². The van der Waals surface area contributed by atoms with Gasteiger partial charge < -0.3 is 20.5 Å². The smallest absolute Gasteiger partial charge is 0.333 e. The van der Waals surface area contributed by atoms with Crippen molar-refractivity contribution in [3.05, 3.63) is 96.1 Å². The van der Waals surface area contributed by atoms with Gasteiger partial charge in [-0.25, -0.2) is 4.79 Å². The lowest BCUT2D eigenvalue weighted by atomic mass is 9.79. The van der Waals surface area contributed by atoms with Gasteiger partial charge in [-0.15, -0.1) is 0 Å². The van der Waals surface area contributed by atoms with E-state index in [0.29, 0.717) is 11.3 Å². The van der Waals surface area contributed by atoms with Crippen molar-refractivity contribution >= 4 is 11.7 Å². The number of nitrogens with one attached hydrogen (secondary N) is 1. The zero-order chi connectivity index (χ0) is 20.0. The summed E-state index contributed by atoms with van der Waals surface area (Å²) in [6.45, 7) is 0. The van der Waals surface area contributed by atoms with Gasteiger partial charge in [0.25, 0.3) is 0 Å². The number of hydrogen-bond donors (Lipinski definition) is 2. The average molecular weight is 376 g/mol. The summed E-state index contributed by atoms with van der Waals surface area (Å²) in [4.78, 5) is 13.0. The molecule has 3 N–H and O–H groups in total. The van der Waals surface area contributed by atoms with Gasteiger partial charge >= 0.3 is 5.97 Å². The third-order valence-electron chi connectivity index (χ3n) is 4.74. The molecule has 0 radical (unpaired) electrons. The van der Waals surface area contributed by atoms with E-state index in [9.17, 15) is 4.79 Å². The van der Waals surface area contributed by atoms with Gasteiger partial charge in [-0.1, -0.05) is 66.7 Å². The van der Waals surface area contributed by atoms with E-state index in [0.717, 1.165) is 11.3 Å². The second kappa shape index (κ2) is 8.59. The van der Waals surface area contributed by atoms with Crippen molar-refractivity contribution in [2.75, 3.05) is 19.5 Å². The highest BCUT2D eigenvalue weighted by atomic mass is 16.5. The molecule has 0 fully saturated rings. The fourth-order valence-corrected chi connectivity index (χ4v) is 3.27. The summed E-state index contributed by atoms with van der Waals surface area (Å²) < 4.78 is 10.4. The molecule has 3 aromatic carbocycles. The standard InChI is InChI=1S/C23H24N2O3/c1-27-20-15-9-14-19(16-20)25-21(17-10-5-3-6-11-17)23(24,22(26)28-2)18-12-7-4-8-13-18/h3-16,21,25H,24H2,1-2H3. The zero-order valence-corrected chi connectivity index (χ0v) is 16.0. The molecular formula is C23H24N2O3. The Hall–Kier alpha value is -3.31. The van der Waals surface area contributed by atoms with Crippen LogP contribution in [0.3, 0.4) is 0 Å². The second-order valence-corrected chi connectivity index (χ2v) is 6.45. The number of nitrogens with two attached hydrogens (primary N) is 1. The Morgan fingerprint density at radius 3 is 2.18 bits per heavy atom. The Morgan fingerprint density at radius 1 is 0.929 bits per heavy atom. The minimum atomic E-state index is -1.44. The monoisotopic (exact) mass is 376 g/mol. The Kier molecular flexibility index (Phi) is 5.96. The van der Waals surface area contributed by atoms with E-state index in [1.165, 1.54) is 7.11 Å². The molecule has 28 heavy (non-hydrogen) atoms. The predicted octanol–water partition coefficient (Wildman–Crippen LogP) is 3.88. The summed E-state index contributed by atoms with van der Waals surface area (Å²) in [6.07, 6.45) is 0. The van der Waals surface area contributed by atoms with Gasteiger partial charge in [0.2, 0.25) is 0 Å². The molecule has 0 aliphatic heterocycles. The molecule has 2 unspecified atom stereocenters. The largest absolute Gasteiger partial charge is 0.497 e. The third-order valence-corrected chi connectivity index (χ3v) is 4.74. The van der Waals surface area contributed by atoms with Crippen LogP contribution in [0.1, 0.15) is 17.2 Å². The quantitative estimate of drug-likeness (QED) is 0.612. The van der Waals surface area contributed by atoms with Gasteiger partial charge in [0.15, 0.2) is 5.54 Å². The fraction of sp³-hybridized carbons (Fsp3) is 0.174. The SMILES string of the molecule is COC(=O)C(N)(c1ccccc1)C(Nc1cccc(OC)c1)c1ccccc1. The van der Waals surface area contributed by atoms with Crippen LogP contribution in [0.4, 0.5) is 5.69 Å². The molecule has 2 atom stereocenters. The van der Waals surface area contributed by atoms with Crippen molar-refractivity contribution in [1.82, 2.24) is 0 Å². The van der Waals surface area contributed by atoms with E-state index in [1.807, 2.05) is 84.9 Å². The molecule has 144 valence electrons. The maximum atomic E-state index is 13.0. The number of carbonyl (C=O) groups is 1. The first-order valence-corrected chi connectivity index (χ1v) is 8.98. The number of ether oxygens (including phenoxy) is 2. The van der Waals surface area contributed by atoms with E-state index in [4.69, 9.17) is 15.2 Å². The molecule has 0 aromatic heterocycles. The Morgan fingerprint density at radius 2 is 1.57 bits per heavy atom. The lowest BCUT2D eigenvalue weighted by molar-refractivity contribution is -0.148. The van der Waals surface area contributed by atoms with Crippen LogP contribution < -0.4 is 15.8 Å². The summed E-state index contributed by atoms with van der Waals surface area (Å²) in [5.74, 6) is 0.181. The maximum Gasteiger partial charge on any atom is 0.333 e. The minimum absolute atomic E-state index is 0.525. The molecule has 0 aliphatic carbocycles. The van der Waals surface area contributed by atoms with Gasteiger partial charge in [-0.05, 0) is 23.3 Å². The van der Waals surface area contributed by atoms with Crippen molar-refractivity contribution in [1.29, 1.82) is 0 Å². The number of anilines is 1. The number of esters is 1.